The minimum atomic E-state index is -4.37. The molecule has 1 aromatic heterocycles. The van der Waals surface area contributed by atoms with Crippen molar-refractivity contribution in [1.82, 2.24) is 4.98 Å². The fourth-order valence-electron chi connectivity index (χ4n) is 2.29. The lowest BCUT2D eigenvalue weighted by atomic mass is 9.97. The summed E-state index contributed by atoms with van der Waals surface area (Å²) in [6.45, 7) is 3.39. The number of aryl methyl sites for hydroxylation is 2. The van der Waals surface area contributed by atoms with E-state index in [1.807, 2.05) is 6.92 Å². The normalized spacial score (nSPS) is 12.1. The van der Waals surface area contributed by atoms with Gasteiger partial charge >= 0.3 is 6.18 Å². The molecular weight excluding hydrogens is 255 g/mol. The number of hydrogen-bond acceptors (Lipinski definition) is 2. The Kier molecular flexibility index (Phi) is 3.49. The molecule has 2 rings (SSSR count). The Morgan fingerprint density at radius 2 is 1.89 bits per heavy atom. The van der Waals surface area contributed by atoms with Crippen LogP contribution in [-0.2, 0) is 19.2 Å². The van der Waals surface area contributed by atoms with Crippen molar-refractivity contribution >= 4 is 10.9 Å². The number of rotatable bonds is 2. The molecule has 19 heavy (non-hydrogen) atoms. The lowest BCUT2D eigenvalue weighted by Crippen LogP contribution is -2.06. The number of halogens is 3. The zero-order valence-corrected chi connectivity index (χ0v) is 10.7. The van der Waals surface area contributed by atoms with Crippen LogP contribution in [0.4, 0.5) is 13.2 Å². The predicted octanol–water partition coefficient (Wildman–Crippen LogP) is 3.62. The van der Waals surface area contributed by atoms with E-state index in [-0.39, 0.29) is 6.61 Å². The molecule has 0 atom stereocenters. The van der Waals surface area contributed by atoms with E-state index in [2.05, 4.69) is 4.98 Å². The van der Waals surface area contributed by atoms with Gasteiger partial charge in [0.05, 0.1) is 17.7 Å². The molecule has 0 saturated carbocycles. The van der Waals surface area contributed by atoms with E-state index in [9.17, 15) is 18.3 Å². The molecule has 0 aliphatic rings. The van der Waals surface area contributed by atoms with E-state index >= 15 is 0 Å². The van der Waals surface area contributed by atoms with Crippen molar-refractivity contribution in [3.05, 3.63) is 40.6 Å². The van der Waals surface area contributed by atoms with Gasteiger partial charge in [0.2, 0.25) is 0 Å². The molecule has 0 radical (unpaired) electrons. The number of nitrogens with zero attached hydrogens (tertiary/aromatic N) is 1. The average molecular weight is 269 g/mol. The number of aliphatic hydroxyl groups is 1. The highest BCUT2D eigenvalue weighted by Crippen LogP contribution is 2.33. The fourth-order valence-corrected chi connectivity index (χ4v) is 2.29. The van der Waals surface area contributed by atoms with Crippen molar-refractivity contribution in [3.8, 4) is 0 Å². The van der Waals surface area contributed by atoms with Gasteiger partial charge in [-0.25, -0.2) is 0 Å². The average Bonchev–Trinajstić information content (AvgIpc) is 2.35. The van der Waals surface area contributed by atoms with Gasteiger partial charge in [0.25, 0.3) is 0 Å². The van der Waals surface area contributed by atoms with Crippen LogP contribution in [-0.4, -0.2) is 10.1 Å². The molecule has 1 aromatic carbocycles. The zero-order chi connectivity index (χ0) is 14.2. The quantitative estimate of drug-likeness (QED) is 0.903. The van der Waals surface area contributed by atoms with Gasteiger partial charge < -0.3 is 5.11 Å². The second-order valence-corrected chi connectivity index (χ2v) is 4.40. The van der Waals surface area contributed by atoms with Crippen molar-refractivity contribution < 1.29 is 18.3 Å². The van der Waals surface area contributed by atoms with Crippen molar-refractivity contribution in [1.29, 1.82) is 0 Å². The van der Waals surface area contributed by atoms with Crippen molar-refractivity contribution in [2.75, 3.05) is 0 Å². The predicted molar refractivity (Wildman–Crippen MR) is 66.8 cm³/mol. The minimum Gasteiger partial charge on any atom is -0.392 e. The highest BCUT2D eigenvalue weighted by atomic mass is 19.4. The van der Waals surface area contributed by atoms with Gasteiger partial charge in [-0.2, -0.15) is 13.2 Å². The summed E-state index contributed by atoms with van der Waals surface area (Å²) in [5, 5.41) is 9.82. The molecule has 0 bridgehead atoms. The maximum Gasteiger partial charge on any atom is 0.416 e. The van der Waals surface area contributed by atoms with Gasteiger partial charge in [0.15, 0.2) is 0 Å². The van der Waals surface area contributed by atoms with Gasteiger partial charge in [-0.15, -0.1) is 0 Å². The highest BCUT2D eigenvalue weighted by Gasteiger charge is 2.30. The number of hydrogen-bond donors (Lipinski definition) is 1. The van der Waals surface area contributed by atoms with E-state index < -0.39 is 11.7 Å². The number of alkyl halides is 3. The van der Waals surface area contributed by atoms with Crippen LogP contribution in [0.2, 0.25) is 0 Å². The van der Waals surface area contributed by atoms with E-state index in [0.29, 0.717) is 28.6 Å². The smallest absolute Gasteiger partial charge is 0.392 e. The van der Waals surface area contributed by atoms with Gasteiger partial charge in [-0.05, 0) is 37.1 Å². The van der Waals surface area contributed by atoms with E-state index in [4.69, 9.17) is 0 Å². The molecular formula is C14H14F3NO. The van der Waals surface area contributed by atoms with E-state index in [1.54, 1.807) is 6.92 Å². The standard InChI is InChI=1S/C14H14F3NO/c1-3-10-11-6-9(14(15,16)17)4-5-13(11)18-8(2)12(10)7-19/h4-6,19H,3,7H2,1-2H3. The summed E-state index contributed by atoms with van der Waals surface area (Å²) in [5.41, 5.74) is 1.85. The van der Waals surface area contributed by atoms with Crippen molar-refractivity contribution in [2.45, 2.75) is 33.1 Å². The largest absolute Gasteiger partial charge is 0.416 e. The van der Waals surface area contributed by atoms with Crippen LogP contribution in [0.5, 0.6) is 0 Å². The third-order valence-electron chi connectivity index (χ3n) is 3.25. The lowest BCUT2D eigenvalue weighted by Gasteiger charge is -2.14. The Bertz CT molecular complexity index is 620. The van der Waals surface area contributed by atoms with Crippen LogP contribution >= 0.6 is 0 Å². The third-order valence-corrected chi connectivity index (χ3v) is 3.25. The lowest BCUT2D eigenvalue weighted by molar-refractivity contribution is -0.137. The summed E-state index contributed by atoms with van der Waals surface area (Å²) >= 11 is 0. The van der Waals surface area contributed by atoms with Crippen LogP contribution in [0.3, 0.4) is 0 Å². The number of benzene rings is 1. The van der Waals surface area contributed by atoms with E-state index in [1.165, 1.54) is 6.07 Å². The Balaban J connectivity index is 2.80. The third kappa shape index (κ3) is 2.42. The molecule has 0 aliphatic heterocycles. The molecule has 5 heteroatoms. The maximum atomic E-state index is 12.7. The van der Waals surface area contributed by atoms with Gasteiger partial charge in [0, 0.05) is 16.6 Å². The van der Waals surface area contributed by atoms with Crippen LogP contribution in [0.25, 0.3) is 10.9 Å². The molecule has 0 fully saturated rings. The first kappa shape index (κ1) is 13.8. The van der Waals surface area contributed by atoms with Gasteiger partial charge in [0.1, 0.15) is 0 Å². The highest BCUT2D eigenvalue weighted by molar-refractivity contribution is 5.84. The minimum absolute atomic E-state index is 0.214. The molecule has 0 saturated heterocycles. The summed E-state index contributed by atoms with van der Waals surface area (Å²) < 4.78 is 38.2. The van der Waals surface area contributed by atoms with Gasteiger partial charge in [-0.1, -0.05) is 6.92 Å². The molecule has 0 aliphatic carbocycles. The van der Waals surface area contributed by atoms with Crippen LogP contribution in [0.15, 0.2) is 18.2 Å². The molecule has 1 N–H and O–H groups in total. The fraction of sp³-hybridized carbons (Fsp3) is 0.357. The molecule has 0 amide bonds. The second-order valence-electron chi connectivity index (χ2n) is 4.40. The number of aliphatic hydroxyl groups excluding tert-OH is 1. The molecule has 0 unspecified atom stereocenters. The first-order chi connectivity index (χ1) is 8.88. The molecule has 2 nitrogen and oxygen atoms in total. The first-order valence-electron chi connectivity index (χ1n) is 5.98. The van der Waals surface area contributed by atoms with Crippen LogP contribution in [0.1, 0.15) is 29.3 Å². The van der Waals surface area contributed by atoms with Crippen molar-refractivity contribution in [3.63, 3.8) is 0 Å². The van der Waals surface area contributed by atoms with Gasteiger partial charge in [-0.3, -0.25) is 4.98 Å². The van der Waals surface area contributed by atoms with Crippen molar-refractivity contribution in [2.24, 2.45) is 0 Å². The molecule has 1 heterocycles. The van der Waals surface area contributed by atoms with Crippen LogP contribution < -0.4 is 0 Å². The molecule has 2 aromatic rings. The molecule has 102 valence electrons. The summed E-state index contributed by atoms with van der Waals surface area (Å²) in [6, 6.07) is 3.53. The summed E-state index contributed by atoms with van der Waals surface area (Å²) in [6.07, 6.45) is -3.82. The van der Waals surface area contributed by atoms with E-state index in [0.717, 1.165) is 17.7 Å². The Morgan fingerprint density at radius 3 is 2.42 bits per heavy atom. The summed E-state index contributed by atoms with van der Waals surface area (Å²) in [7, 11) is 0. The number of aromatic nitrogens is 1. The SMILES string of the molecule is CCc1c(CO)c(C)nc2ccc(C(F)(F)F)cc12. The zero-order valence-electron chi connectivity index (χ0n) is 10.7. The second kappa shape index (κ2) is 4.81. The number of pyridine rings is 1. The Labute approximate surface area is 108 Å². The first-order valence-corrected chi connectivity index (χ1v) is 5.98. The summed E-state index contributed by atoms with van der Waals surface area (Å²) in [4.78, 5) is 4.25. The Morgan fingerprint density at radius 1 is 1.21 bits per heavy atom. The van der Waals surface area contributed by atoms with Crippen LogP contribution in [0, 0.1) is 6.92 Å². The maximum absolute atomic E-state index is 12.7. The topological polar surface area (TPSA) is 33.1 Å². The Hall–Kier alpha value is -1.62. The molecule has 0 spiro atoms. The summed E-state index contributed by atoms with van der Waals surface area (Å²) in [5.74, 6) is 0. The monoisotopic (exact) mass is 269 g/mol. The number of fused-ring (bicyclic) bond motifs is 1.